The summed E-state index contributed by atoms with van der Waals surface area (Å²) in [6, 6.07) is 5.49. The number of nitrogens with one attached hydrogen (secondary N) is 1. The van der Waals surface area contributed by atoms with Gasteiger partial charge >= 0.3 is 0 Å². The Balaban J connectivity index is 2.09. The zero-order valence-corrected chi connectivity index (χ0v) is 11.2. The minimum absolute atomic E-state index is 0.0395. The third-order valence-corrected chi connectivity index (χ3v) is 3.54. The van der Waals surface area contributed by atoms with Crippen molar-refractivity contribution in [2.24, 2.45) is 0 Å². The third kappa shape index (κ3) is 3.53. The first-order chi connectivity index (χ1) is 8.81. The summed E-state index contributed by atoms with van der Waals surface area (Å²) < 4.78 is 13.8. The van der Waals surface area contributed by atoms with Crippen molar-refractivity contribution in [2.75, 3.05) is 26.2 Å². The van der Waals surface area contributed by atoms with Crippen molar-refractivity contribution in [3.05, 3.63) is 35.1 Å². The summed E-state index contributed by atoms with van der Waals surface area (Å²) in [5.74, 6) is -0.0395. The van der Waals surface area contributed by atoms with E-state index in [9.17, 15) is 4.39 Å². The van der Waals surface area contributed by atoms with E-state index in [1.54, 1.807) is 6.07 Å². The summed E-state index contributed by atoms with van der Waals surface area (Å²) in [6.07, 6.45) is 3.02. The van der Waals surface area contributed by atoms with Crippen LogP contribution in [-0.2, 0) is 13.0 Å². The lowest BCUT2D eigenvalue weighted by Gasteiger charge is -2.21. The van der Waals surface area contributed by atoms with Gasteiger partial charge in [-0.3, -0.25) is 4.90 Å². The van der Waals surface area contributed by atoms with E-state index in [-0.39, 0.29) is 5.82 Å². The second kappa shape index (κ2) is 6.86. The van der Waals surface area contributed by atoms with E-state index in [0.717, 1.165) is 51.1 Å². The Morgan fingerprint density at radius 1 is 1.28 bits per heavy atom. The van der Waals surface area contributed by atoms with Crippen LogP contribution in [0.25, 0.3) is 0 Å². The first-order valence-corrected chi connectivity index (χ1v) is 7.00. The van der Waals surface area contributed by atoms with Gasteiger partial charge in [-0.2, -0.15) is 0 Å². The highest BCUT2D eigenvalue weighted by atomic mass is 19.1. The molecule has 0 radical (unpaired) electrons. The number of benzene rings is 1. The number of hydrogen-bond acceptors (Lipinski definition) is 2. The van der Waals surface area contributed by atoms with Gasteiger partial charge in [-0.15, -0.1) is 0 Å². The van der Waals surface area contributed by atoms with Crippen LogP contribution in [0.3, 0.4) is 0 Å². The van der Waals surface area contributed by atoms with Crippen LogP contribution in [0, 0.1) is 5.82 Å². The molecule has 1 N–H and O–H groups in total. The van der Waals surface area contributed by atoms with E-state index < -0.39 is 0 Å². The molecule has 2 nitrogen and oxygen atoms in total. The molecule has 0 aromatic heterocycles. The predicted molar refractivity (Wildman–Crippen MR) is 73.2 cm³/mol. The van der Waals surface area contributed by atoms with Crippen LogP contribution in [-0.4, -0.2) is 31.1 Å². The lowest BCUT2D eigenvalue weighted by Crippen LogP contribution is -2.28. The molecule has 0 atom stereocenters. The maximum absolute atomic E-state index is 13.8. The smallest absolute Gasteiger partial charge is 0.126 e. The zero-order valence-electron chi connectivity index (χ0n) is 11.2. The Kier molecular flexibility index (Phi) is 5.14. The van der Waals surface area contributed by atoms with Crippen LogP contribution in [0.1, 0.15) is 30.9 Å². The van der Waals surface area contributed by atoms with E-state index in [4.69, 9.17) is 0 Å². The molecule has 0 amide bonds. The fourth-order valence-corrected chi connectivity index (χ4v) is 2.58. The van der Waals surface area contributed by atoms with Gasteiger partial charge in [0, 0.05) is 19.6 Å². The Morgan fingerprint density at radius 3 is 3.00 bits per heavy atom. The molecule has 100 valence electrons. The molecular formula is C15H23FN2. The zero-order chi connectivity index (χ0) is 12.8. The van der Waals surface area contributed by atoms with Gasteiger partial charge in [-0.05, 0) is 43.1 Å². The minimum atomic E-state index is -0.0395. The minimum Gasteiger partial charge on any atom is -0.315 e. The first kappa shape index (κ1) is 13.5. The van der Waals surface area contributed by atoms with Crippen molar-refractivity contribution < 1.29 is 4.39 Å². The van der Waals surface area contributed by atoms with Gasteiger partial charge < -0.3 is 5.32 Å². The van der Waals surface area contributed by atoms with E-state index in [1.165, 1.54) is 12.0 Å². The fraction of sp³-hybridized carbons (Fsp3) is 0.600. The van der Waals surface area contributed by atoms with Crippen molar-refractivity contribution >= 4 is 0 Å². The second-order valence-electron chi connectivity index (χ2n) is 5.01. The number of rotatable bonds is 4. The number of hydrogen-bond donors (Lipinski definition) is 1. The second-order valence-corrected chi connectivity index (χ2v) is 5.01. The van der Waals surface area contributed by atoms with Gasteiger partial charge in [0.05, 0.1) is 0 Å². The molecule has 0 aliphatic carbocycles. The van der Waals surface area contributed by atoms with Crippen LogP contribution < -0.4 is 5.32 Å². The molecule has 1 saturated heterocycles. The Hall–Kier alpha value is -0.930. The highest BCUT2D eigenvalue weighted by Crippen LogP contribution is 2.18. The van der Waals surface area contributed by atoms with E-state index in [2.05, 4.69) is 23.2 Å². The van der Waals surface area contributed by atoms with Gasteiger partial charge in [0.15, 0.2) is 0 Å². The summed E-state index contributed by atoms with van der Waals surface area (Å²) in [4.78, 5) is 2.42. The molecule has 0 saturated carbocycles. The maximum atomic E-state index is 13.8. The van der Waals surface area contributed by atoms with E-state index >= 15 is 0 Å². The van der Waals surface area contributed by atoms with Crippen LogP contribution in [0.15, 0.2) is 18.2 Å². The summed E-state index contributed by atoms with van der Waals surface area (Å²) in [5, 5.41) is 3.40. The van der Waals surface area contributed by atoms with Gasteiger partial charge in [-0.25, -0.2) is 4.39 Å². The monoisotopic (exact) mass is 250 g/mol. The summed E-state index contributed by atoms with van der Waals surface area (Å²) in [7, 11) is 0. The quantitative estimate of drug-likeness (QED) is 0.883. The van der Waals surface area contributed by atoms with Crippen LogP contribution >= 0.6 is 0 Å². The van der Waals surface area contributed by atoms with Crippen molar-refractivity contribution in [3.63, 3.8) is 0 Å². The van der Waals surface area contributed by atoms with Gasteiger partial charge in [0.25, 0.3) is 0 Å². The molecule has 0 unspecified atom stereocenters. The van der Waals surface area contributed by atoms with E-state index in [0.29, 0.717) is 0 Å². The molecule has 1 fully saturated rings. The summed E-state index contributed by atoms with van der Waals surface area (Å²) in [5.41, 5.74) is 2.08. The topological polar surface area (TPSA) is 15.3 Å². The Bertz CT molecular complexity index is 371. The Morgan fingerprint density at radius 2 is 2.17 bits per heavy atom. The van der Waals surface area contributed by atoms with Crippen LogP contribution in [0.4, 0.5) is 4.39 Å². The summed E-state index contributed by atoms with van der Waals surface area (Å²) in [6.45, 7) is 7.29. The SMILES string of the molecule is CCCc1c(F)cccc1CN1CCCNCC1. The standard InChI is InChI=1S/C15H23FN2/c1-2-5-14-13(6-3-7-15(14)16)12-18-10-4-8-17-9-11-18/h3,6-7,17H,2,4-5,8-12H2,1H3. The predicted octanol–water partition coefficient (Wildman–Crippen LogP) is 2.57. The molecule has 1 aliphatic heterocycles. The molecule has 1 heterocycles. The average Bonchev–Trinajstić information content (AvgIpc) is 2.62. The number of nitrogens with zero attached hydrogens (tertiary/aromatic N) is 1. The molecule has 0 spiro atoms. The molecule has 1 aromatic carbocycles. The normalized spacial score (nSPS) is 17.7. The van der Waals surface area contributed by atoms with Crippen molar-refractivity contribution in [1.29, 1.82) is 0 Å². The highest BCUT2D eigenvalue weighted by Gasteiger charge is 2.13. The third-order valence-electron chi connectivity index (χ3n) is 3.54. The van der Waals surface area contributed by atoms with Crippen LogP contribution in [0.2, 0.25) is 0 Å². The van der Waals surface area contributed by atoms with Crippen LogP contribution in [0.5, 0.6) is 0 Å². The lowest BCUT2D eigenvalue weighted by molar-refractivity contribution is 0.283. The molecule has 3 heteroatoms. The molecular weight excluding hydrogens is 227 g/mol. The molecule has 0 bridgehead atoms. The van der Waals surface area contributed by atoms with E-state index in [1.807, 2.05) is 6.07 Å². The van der Waals surface area contributed by atoms with Gasteiger partial charge in [0.2, 0.25) is 0 Å². The van der Waals surface area contributed by atoms with Gasteiger partial charge in [0.1, 0.15) is 5.82 Å². The molecule has 2 rings (SSSR count). The molecule has 1 aliphatic rings. The lowest BCUT2D eigenvalue weighted by atomic mass is 10.0. The van der Waals surface area contributed by atoms with Crippen molar-refractivity contribution in [1.82, 2.24) is 10.2 Å². The Labute approximate surface area is 109 Å². The summed E-state index contributed by atoms with van der Waals surface area (Å²) >= 11 is 0. The van der Waals surface area contributed by atoms with Crippen molar-refractivity contribution in [3.8, 4) is 0 Å². The largest absolute Gasteiger partial charge is 0.315 e. The maximum Gasteiger partial charge on any atom is 0.126 e. The number of halogens is 1. The first-order valence-electron chi connectivity index (χ1n) is 7.00. The van der Waals surface area contributed by atoms with Crippen molar-refractivity contribution in [2.45, 2.75) is 32.7 Å². The average molecular weight is 250 g/mol. The molecule has 18 heavy (non-hydrogen) atoms. The van der Waals surface area contributed by atoms with Gasteiger partial charge in [-0.1, -0.05) is 25.5 Å². The fourth-order valence-electron chi connectivity index (χ4n) is 2.58. The highest BCUT2D eigenvalue weighted by molar-refractivity contribution is 5.28. The molecule has 1 aromatic rings.